The molecule has 0 aromatic heterocycles. The first-order valence-electron chi connectivity index (χ1n) is 5.61. The Kier molecular flexibility index (Phi) is 4.74. The molecule has 0 saturated carbocycles. The van der Waals surface area contributed by atoms with E-state index in [0.29, 0.717) is 22.5 Å². The van der Waals surface area contributed by atoms with Gasteiger partial charge in [0.2, 0.25) is 0 Å². The van der Waals surface area contributed by atoms with Crippen LogP contribution in [0.2, 0.25) is 0 Å². The molecule has 0 amide bonds. The lowest BCUT2D eigenvalue weighted by Gasteiger charge is -2.10. The highest BCUT2D eigenvalue weighted by Crippen LogP contribution is 2.32. The molecular formula is C13H10Br2N2O3. The van der Waals surface area contributed by atoms with Gasteiger partial charge in [0.25, 0.3) is 5.69 Å². The second kappa shape index (κ2) is 6.34. The van der Waals surface area contributed by atoms with E-state index in [2.05, 4.69) is 31.9 Å². The van der Waals surface area contributed by atoms with Crippen LogP contribution in [0.15, 0.2) is 45.3 Å². The molecule has 0 fully saturated rings. The van der Waals surface area contributed by atoms with Crippen LogP contribution in [0.4, 0.5) is 5.69 Å². The second-order valence-corrected chi connectivity index (χ2v) is 5.79. The smallest absolute Gasteiger partial charge is 0.274 e. The Morgan fingerprint density at radius 1 is 1.15 bits per heavy atom. The van der Waals surface area contributed by atoms with Gasteiger partial charge in [-0.1, -0.05) is 31.9 Å². The first-order chi connectivity index (χ1) is 9.49. The average molecular weight is 402 g/mol. The fourth-order valence-electron chi connectivity index (χ4n) is 1.65. The van der Waals surface area contributed by atoms with Crippen molar-refractivity contribution >= 4 is 37.5 Å². The lowest BCUT2D eigenvalue weighted by atomic mass is 10.2. The van der Waals surface area contributed by atoms with Crippen molar-refractivity contribution in [3.05, 3.63) is 61.0 Å². The molecule has 5 nitrogen and oxygen atoms in total. The number of nitro benzene ring substituents is 1. The SMILES string of the molecule is NCc1cc(Br)ccc1Oc1cc(Br)cc([N+](=O)[O-])c1. The van der Waals surface area contributed by atoms with Crippen molar-refractivity contribution in [2.24, 2.45) is 5.73 Å². The van der Waals surface area contributed by atoms with E-state index in [9.17, 15) is 10.1 Å². The summed E-state index contributed by atoms with van der Waals surface area (Å²) >= 11 is 6.58. The molecule has 2 aromatic carbocycles. The average Bonchev–Trinajstić information content (AvgIpc) is 2.40. The Labute approximate surface area is 132 Å². The summed E-state index contributed by atoms with van der Waals surface area (Å²) in [5, 5.41) is 10.8. The zero-order chi connectivity index (χ0) is 14.7. The largest absolute Gasteiger partial charge is 0.457 e. The van der Waals surface area contributed by atoms with E-state index < -0.39 is 4.92 Å². The molecule has 0 radical (unpaired) electrons. The van der Waals surface area contributed by atoms with Gasteiger partial charge in [0.1, 0.15) is 11.5 Å². The lowest BCUT2D eigenvalue weighted by molar-refractivity contribution is -0.385. The van der Waals surface area contributed by atoms with Gasteiger partial charge in [-0.15, -0.1) is 0 Å². The van der Waals surface area contributed by atoms with Crippen molar-refractivity contribution in [1.82, 2.24) is 0 Å². The standard InChI is InChI=1S/C13H10Br2N2O3/c14-9-1-2-13(8(3-9)7-16)20-12-5-10(15)4-11(6-12)17(18)19/h1-6H,7,16H2. The van der Waals surface area contributed by atoms with Crippen LogP contribution in [0.5, 0.6) is 11.5 Å². The van der Waals surface area contributed by atoms with Gasteiger partial charge >= 0.3 is 0 Å². The van der Waals surface area contributed by atoms with Gasteiger partial charge in [-0.05, 0) is 24.3 Å². The van der Waals surface area contributed by atoms with Crippen molar-refractivity contribution < 1.29 is 9.66 Å². The monoisotopic (exact) mass is 400 g/mol. The number of rotatable bonds is 4. The van der Waals surface area contributed by atoms with Crippen LogP contribution < -0.4 is 10.5 Å². The maximum absolute atomic E-state index is 10.8. The van der Waals surface area contributed by atoms with Gasteiger partial charge < -0.3 is 10.5 Å². The number of hydrogen-bond donors (Lipinski definition) is 1. The third-order valence-corrected chi connectivity index (χ3v) is 3.49. The van der Waals surface area contributed by atoms with Gasteiger partial charge in [0.05, 0.1) is 11.0 Å². The molecule has 104 valence electrons. The Morgan fingerprint density at radius 2 is 1.90 bits per heavy atom. The van der Waals surface area contributed by atoms with Crippen LogP contribution in [0.25, 0.3) is 0 Å². The predicted molar refractivity (Wildman–Crippen MR) is 82.9 cm³/mol. The van der Waals surface area contributed by atoms with E-state index >= 15 is 0 Å². The molecule has 2 N–H and O–H groups in total. The van der Waals surface area contributed by atoms with Crippen LogP contribution in [-0.2, 0) is 6.54 Å². The fourth-order valence-corrected chi connectivity index (χ4v) is 2.51. The molecule has 0 aliphatic carbocycles. The molecule has 2 rings (SSSR count). The molecule has 0 aliphatic heterocycles. The van der Waals surface area contributed by atoms with Crippen LogP contribution in [-0.4, -0.2) is 4.92 Å². The van der Waals surface area contributed by atoms with Crippen molar-refractivity contribution in [3.8, 4) is 11.5 Å². The maximum Gasteiger partial charge on any atom is 0.274 e. The minimum absolute atomic E-state index is 0.0409. The number of nitrogens with zero attached hydrogens (tertiary/aromatic N) is 1. The maximum atomic E-state index is 10.8. The van der Waals surface area contributed by atoms with Crippen molar-refractivity contribution in [2.75, 3.05) is 0 Å². The van der Waals surface area contributed by atoms with Crippen LogP contribution in [0.3, 0.4) is 0 Å². The second-order valence-electron chi connectivity index (χ2n) is 3.96. The zero-order valence-electron chi connectivity index (χ0n) is 10.2. The summed E-state index contributed by atoms with van der Waals surface area (Å²) in [5.74, 6) is 0.950. The van der Waals surface area contributed by atoms with E-state index in [4.69, 9.17) is 10.5 Å². The van der Waals surface area contributed by atoms with Crippen molar-refractivity contribution in [2.45, 2.75) is 6.54 Å². The predicted octanol–water partition coefficient (Wildman–Crippen LogP) is 4.37. The molecule has 0 spiro atoms. The van der Waals surface area contributed by atoms with Crippen LogP contribution in [0, 0.1) is 10.1 Å². The number of halogens is 2. The highest BCUT2D eigenvalue weighted by Gasteiger charge is 2.11. The Balaban J connectivity index is 2.37. The van der Waals surface area contributed by atoms with E-state index in [0.717, 1.165) is 10.0 Å². The Morgan fingerprint density at radius 3 is 2.55 bits per heavy atom. The normalized spacial score (nSPS) is 10.3. The summed E-state index contributed by atoms with van der Waals surface area (Å²) in [5.41, 5.74) is 6.43. The summed E-state index contributed by atoms with van der Waals surface area (Å²) < 4.78 is 7.16. The highest BCUT2D eigenvalue weighted by molar-refractivity contribution is 9.10. The number of benzene rings is 2. The van der Waals surface area contributed by atoms with Gasteiger partial charge in [-0.25, -0.2) is 0 Å². The van der Waals surface area contributed by atoms with Gasteiger partial charge in [0.15, 0.2) is 0 Å². The molecule has 2 aromatic rings. The minimum atomic E-state index is -0.469. The Bertz CT molecular complexity index is 662. The van der Waals surface area contributed by atoms with Crippen LogP contribution in [0.1, 0.15) is 5.56 Å². The molecule has 0 aliphatic rings. The molecule has 0 bridgehead atoms. The molecule has 20 heavy (non-hydrogen) atoms. The molecular weight excluding hydrogens is 392 g/mol. The molecule has 0 atom stereocenters. The number of non-ortho nitro benzene ring substituents is 1. The minimum Gasteiger partial charge on any atom is -0.457 e. The molecule has 0 heterocycles. The molecule has 7 heteroatoms. The summed E-state index contributed by atoms with van der Waals surface area (Å²) in [6.07, 6.45) is 0. The van der Waals surface area contributed by atoms with Gasteiger partial charge in [-0.3, -0.25) is 10.1 Å². The van der Waals surface area contributed by atoms with E-state index in [1.807, 2.05) is 12.1 Å². The van der Waals surface area contributed by atoms with E-state index in [1.54, 1.807) is 12.1 Å². The number of nitro groups is 1. The van der Waals surface area contributed by atoms with Gasteiger partial charge in [0, 0.05) is 27.1 Å². The lowest BCUT2D eigenvalue weighted by Crippen LogP contribution is -1.99. The van der Waals surface area contributed by atoms with Crippen molar-refractivity contribution in [3.63, 3.8) is 0 Å². The fraction of sp³-hybridized carbons (Fsp3) is 0.0769. The molecule has 0 unspecified atom stereocenters. The third kappa shape index (κ3) is 3.56. The third-order valence-electron chi connectivity index (χ3n) is 2.54. The Hall–Kier alpha value is -1.44. The number of hydrogen-bond acceptors (Lipinski definition) is 4. The van der Waals surface area contributed by atoms with Gasteiger partial charge in [-0.2, -0.15) is 0 Å². The van der Waals surface area contributed by atoms with Crippen LogP contribution >= 0.6 is 31.9 Å². The van der Waals surface area contributed by atoms with E-state index in [-0.39, 0.29) is 5.69 Å². The topological polar surface area (TPSA) is 78.4 Å². The quantitative estimate of drug-likeness (QED) is 0.609. The van der Waals surface area contributed by atoms with Crippen molar-refractivity contribution in [1.29, 1.82) is 0 Å². The first kappa shape index (κ1) is 15.0. The summed E-state index contributed by atoms with van der Waals surface area (Å²) in [6, 6.07) is 9.88. The zero-order valence-corrected chi connectivity index (χ0v) is 13.3. The summed E-state index contributed by atoms with van der Waals surface area (Å²) in [7, 11) is 0. The number of nitrogens with two attached hydrogens (primary N) is 1. The number of ether oxygens (including phenoxy) is 1. The van der Waals surface area contributed by atoms with E-state index in [1.165, 1.54) is 12.1 Å². The first-order valence-corrected chi connectivity index (χ1v) is 7.19. The summed E-state index contributed by atoms with van der Waals surface area (Å²) in [4.78, 5) is 10.4. The highest BCUT2D eigenvalue weighted by atomic mass is 79.9. The summed E-state index contributed by atoms with van der Waals surface area (Å²) in [6.45, 7) is 0.310. The molecule has 0 saturated heterocycles.